The summed E-state index contributed by atoms with van der Waals surface area (Å²) >= 11 is 0. The molecule has 0 aliphatic carbocycles. The quantitative estimate of drug-likeness (QED) is 0.301. The summed E-state index contributed by atoms with van der Waals surface area (Å²) in [5.41, 5.74) is 0. The molecule has 0 atom stereocenters. The van der Waals surface area contributed by atoms with Crippen molar-refractivity contribution in [3.8, 4) is 0 Å². The molecule has 23 heavy (non-hydrogen) atoms. The second-order valence-electron chi connectivity index (χ2n) is 4.68. The zero-order chi connectivity index (χ0) is 17.8. The fourth-order valence-electron chi connectivity index (χ4n) is 1.41. The lowest BCUT2D eigenvalue weighted by atomic mass is 10.1. The van der Waals surface area contributed by atoms with Crippen LogP contribution < -0.4 is 0 Å². The van der Waals surface area contributed by atoms with Gasteiger partial charge in [0.15, 0.2) is 0 Å². The molecule has 9 heteroatoms. The maximum atomic E-state index is 11.2. The van der Waals surface area contributed by atoms with Gasteiger partial charge in [-0.15, -0.1) is 0 Å². The standard InChI is InChI=1S/C14H18O9/c1-9(15)6-10(16)2-4-13(20)22-8-23-14(21)5-3-11(17)7-12(18)19/h2-8H2,1H3,(H,18,19). The van der Waals surface area contributed by atoms with Crippen LogP contribution in [0.2, 0.25) is 0 Å². The molecule has 1 N–H and O–H groups in total. The third-order valence-electron chi connectivity index (χ3n) is 2.45. The number of ketones is 3. The van der Waals surface area contributed by atoms with E-state index in [-0.39, 0.29) is 43.7 Å². The SMILES string of the molecule is CC(=O)CC(=O)CCC(=O)OCOC(=O)CCC(=O)CC(=O)O. The van der Waals surface area contributed by atoms with Gasteiger partial charge in [0.1, 0.15) is 23.8 Å². The Labute approximate surface area is 131 Å². The summed E-state index contributed by atoms with van der Waals surface area (Å²) in [6.07, 6.45) is -1.89. The zero-order valence-corrected chi connectivity index (χ0v) is 12.7. The number of carboxylic acid groups (broad SMARTS) is 1. The van der Waals surface area contributed by atoms with E-state index < -0.39 is 36.9 Å². The highest BCUT2D eigenvalue weighted by Gasteiger charge is 2.13. The Kier molecular flexibility index (Phi) is 9.81. The fraction of sp³-hybridized carbons (Fsp3) is 0.571. The first kappa shape index (κ1) is 20.4. The number of aliphatic carboxylic acids is 1. The van der Waals surface area contributed by atoms with E-state index in [1.54, 1.807) is 0 Å². The molecule has 0 unspecified atom stereocenters. The van der Waals surface area contributed by atoms with Crippen LogP contribution in [0.3, 0.4) is 0 Å². The van der Waals surface area contributed by atoms with Crippen LogP contribution in [0, 0.1) is 0 Å². The normalized spacial score (nSPS) is 9.78. The molecular weight excluding hydrogens is 312 g/mol. The lowest BCUT2D eigenvalue weighted by Crippen LogP contribution is -2.15. The van der Waals surface area contributed by atoms with Crippen molar-refractivity contribution in [3.05, 3.63) is 0 Å². The third-order valence-corrected chi connectivity index (χ3v) is 2.45. The van der Waals surface area contributed by atoms with Crippen molar-refractivity contribution in [2.45, 2.75) is 45.4 Å². The van der Waals surface area contributed by atoms with Crippen molar-refractivity contribution in [2.75, 3.05) is 6.79 Å². The summed E-state index contributed by atoms with van der Waals surface area (Å²) in [6, 6.07) is 0. The second-order valence-corrected chi connectivity index (χ2v) is 4.68. The molecule has 0 radical (unpaired) electrons. The molecule has 9 nitrogen and oxygen atoms in total. The van der Waals surface area contributed by atoms with Crippen LogP contribution in [0.15, 0.2) is 0 Å². The highest BCUT2D eigenvalue weighted by molar-refractivity contribution is 5.98. The Balaban J connectivity index is 3.76. The average molecular weight is 330 g/mol. The highest BCUT2D eigenvalue weighted by atomic mass is 16.7. The van der Waals surface area contributed by atoms with Crippen molar-refractivity contribution < 1.29 is 43.3 Å². The third kappa shape index (κ3) is 12.8. The van der Waals surface area contributed by atoms with Gasteiger partial charge in [0.25, 0.3) is 0 Å². The lowest BCUT2D eigenvalue weighted by Gasteiger charge is -2.05. The van der Waals surface area contributed by atoms with Gasteiger partial charge in [-0.25, -0.2) is 0 Å². The molecule has 0 rings (SSSR count). The number of hydrogen-bond donors (Lipinski definition) is 1. The molecule has 0 aliphatic heterocycles. The van der Waals surface area contributed by atoms with Gasteiger partial charge >= 0.3 is 17.9 Å². The van der Waals surface area contributed by atoms with E-state index in [2.05, 4.69) is 9.47 Å². The predicted octanol–water partition coefficient (Wildman–Crippen LogP) is 0.183. The summed E-state index contributed by atoms with van der Waals surface area (Å²) in [7, 11) is 0. The maximum Gasteiger partial charge on any atom is 0.310 e. The van der Waals surface area contributed by atoms with Crippen LogP contribution in [0.1, 0.15) is 45.4 Å². The van der Waals surface area contributed by atoms with Crippen LogP contribution in [0.5, 0.6) is 0 Å². The molecule has 0 saturated heterocycles. The van der Waals surface area contributed by atoms with Gasteiger partial charge in [-0.2, -0.15) is 0 Å². The Hall–Kier alpha value is -2.58. The van der Waals surface area contributed by atoms with E-state index in [0.29, 0.717) is 0 Å². The van der Waals surface area contributed by atoms with Crippen LogP contribution in [-0.2, 0) is 38.2 Å². The van der Waals surface area contributed by atoms with Crippen molar-refractivity contribution in [1.29, 1.82) is 0 Å². The molecule has 128 valence electrons. The summed E-state index contributed by atoms with van der Waals surface area (Å²) in [4.78, 5) is 65.5. The average Bonchev–Trinajstić information content (AvgIpc) is 2.41. The van der Waals surface area contributed by atoms with Crippen molar-refractivity contribution in [3.63, 3.8) is 0 Å². The molecular formula is C14H18O9. The molecule has 0 saturated carbocycles. The number of ether oxygens (including phenoxy) is 2. The molecule has 0 fully saturated rings. The van der Waals surface area contributed by atoms with Gasteiger partial charge in [-0.1, -0.05) is 0 Å². The molecule has 0 bridgehead atoms. The van der Waals surface area contributed by atoms with Gasteiger partial charge < -0.3 is 14.6 Å². The Bertz CT molecular complexity index is 448. The largest absolute Gasteiger partial charge is 0.481 e. The van der Waals surface area contributed by atoms with Gasteiger partial charge in [-0.05, 0) is 6.92 Å². The predicted molar refractivity (Wildman–Crippen MR) is 73.1 cm³/mol. The van der Waals surface area contributed by atoms with Crippen LogP contribution >= 0.6 is 0 Å². The molecule has 0 aromatic carbocycles. The first-order chi connectivity index (χ1) is 10.7. The summed E-state index contributed by atoms with van der Waals surface area (Å²) in [5.74, 6) is -4.16. The topological polar surface area (TPSA) is 141 Å². The fourth-order valence-corrected chi connectivity index (χ4v) is 1.41. The second kappa shape index (κ2) is 11.0. The minimum atomic E-state index is -1.28. The van der Waals surface area contributed by atoms with Gasteiger partial charge in [-0.3, -0.25) is 28.8 Å². The van der Waals surface area contributed by atoms with E-state index in [1.807, 2.05) is 0 Å². The first-order valence-corrected chi connectivity index (χ1v) is 6.76. The van der Waals surface area contributed by atoms with E-state index in [9.17, 15) is 28.8 Å². The molecule has 0 spiro atoms. The molecule has 0 aliphatic rings. The van der Waals surface area contributed by atoms with Crippen LogP contribution in [0.4, 0.5) is 0 Å². The molecule has 0 aromatic heterocycles. The zero-order valence-electron chi connectivity index (χ0n) is 12.7. The summed E-state index contributed by atoms with van der Waals surface area (Å²) < 4.78 is 9.06. The summed E-state index contributed by atoms with van der Waals surface area (Å²) in [6.45, 7) is 0.600. The summed E-state index contributed by atoms with van der Waals surface area (Å²) in [5, 5.41) is 8.35. The minimum absolute atomic E-state index is 0.143. The smallest absolute Gasteiger partial charge is 0.310 e. The number of rotatable bonds is 12. The van der Waals surface area contributed by atoms with Gasteiger partial charge in [0.05, 0.1) is 19.3 Å². The van der Waals surface area contributed by atoms with E-state index in [1.165, 1.54) is 6.92 Å². The van der Waals surface area contributed by atoms with Crippen molar-refractivity contribution in [1.82, 2.24) is 0 Å². The number of carbonyl (C=O) groups excluding carboxylic acids is 5. The maximum absolute atomic E-state index is 11.2. The number of esters is 2. The number of Topliss-reactive ketones (excluding diaryl/α,β-unsaturated/α-hetero) is 3. The number of carboxylic acids is 1. The van der Waals surface area contributed by atoms with Crippen molar-refractivity contribution in [2.24, 2.45) is 0 Å². The highest BCUT2D eigenvalue weighted by Crippen LogP contribution is 2.01. The van der Waals surface area contributed by atoms with Gasteiger partial charge in [0, 0.05) is 12.8 Å². The van der Waals surface area contributed by atoms with E-state index >= 15 is 0 Å². The lowest BCUT2D eigenvalue weighted by molar-refractivity contribution is -0.168. The Morgan fingerprint density at radius 2 is 1.17 bits per heavy atom. The number of hydrogen-bond acceptors (Lipinski definition) is 8. The Morgan fingerprint density at radius 3 is 1.57 bits per heavy atom. The molecule has 0 heterocycles. The van der Waals surface area contributed by atoms with Crippen molar-refractivity contribution >= 4 is 35.3 Å². The van der Waals surface area contributed by atoms with E-state index in [0.717, 1.165) is 0 Å². The molecule has 0 aromatic rings. The first-order valence-electron chi connectivity index (χ1n) is 6.76. The minimum Gasteiger partial charge on any atom is -0.481 e. The van der Waals surface area contributed by atoms with Crippen LogP contribution in [-0.4, -0.2) is 47.2 Å². The van der Waals surface area contributed by atoms with Gasteiger partial charge in [0.2, 0.25) is 6.79 Å². The van der Waals surface area contributed by atoms with Crippen LogP contribution in [0.25, 0.3) is 0 Å². The Morgan fingerprint density at radius 1 is 0.739 bits per heavy atom. The van der Waals surface area contributed by atoms with E-state index in [4.69, 9.17) is 5.11 Å². The monoisotopic (exact) mass is 330 g/mol. The molecule has 0 amide bonds. The number of carbonyl (C=O) groups is 6.